The van der Waals surface area contributed by atoms with Crippen molar-refractivity contribution in [3.05, 3.63) is 58.9 Å². The summed E-state index contributed by atoms with van der Waals surface area (Å²) in [6.45, 7) is 3.99. The van der Waals surface area contributed by atoms with Gasteiger partial charge in [-0.05, 0) is 30.0 Å². The normalized spacial score (nSPS) is 18.2. The van der Waals surface area contributed by atoms with Gasteiger partial charge in [-0.1, -0.05) is 24.3 Å². The highest BCUT2D eigenvalue weighted by Crippen LogP contribution is 2.18. The van der Waals surface area contributed by atoms with E-state index in [1.807, 2.05) is 6.07 Å². The summed E-state index contributed by atoms with van der Waals surface area (Å²) >= 11 is 0. The second-order valence-corrected chi connectivity index (χ2v) is 7.66. The molecule has 0 radical (unpaired) electrons. The maximum absolute atomic E-state index is 12.4. The molecule has 2 aliphatic rings. The fourth-order valence-electron chi connectivity index (χ4n) is 3.72. The summed E-state index contributed by atoms with van der Waals surface area (Å²) < 4.78 is 5.17. The highest BCUT2D eigenvalue weighted by atomic mass is 16.5. The van der Waals surface area contributed by atoms with Crippen LogP contribution in [0.1, 0.15) is 27.2 Å². The van der Waals surface area contributed by atoms with Gasteiger partial charge in [-0.15, -0.1) is 0 Å². The van der Waals surface area contributed by atoms with Gasteiger partial charge in [-0.25, -0.2) is 0 Å². The Morgan fingerprint density at radius 1 is 1.32 bits per heavy atom. The molecule has 1 aromatic heterocycles. The second kappa shape index (κ2) is 8.77. The minimum absolute atomic E-state index is 0.213. The van der Waals surface area contributed by atoms with E-state index in [-0.39, 0.29) is 12.5 Å². The lowest BCUT2D eigenvalue weighted by atomic mass is 10.00. The van der Waals surface area contributed by atoms with Crippen molar-refractivity contribution in [3.63, 3.8) is 0 Å². The fourth-order valence-corrected chi connectivity index (χ4v) is 3.72. The van der Waals surface area contributed by atoms with Crippen molar-refractivity contribution in [3.8, 4) is 0 Å². The predicted octanol–water partition coefficient (Wildman–Crippen LogP) is 0.814. The van der Waals surface area contributed by atoms with E-state index in [9.17, 15) is 9.90 Å². The van der Waals surface area contributed by atoms with Gasteiger partial charge in [0.2, 0.25) is 0 Å². The zero-order chi connectivity index (χ0) is 19.3. The van der Waals surface area contributed by atoms with E-state index in [1.165, 1.54) is 17.3 Å². The van der Waals surface area contributed by atoms with Crippen LogP contribution in [0.2, 0.25) is 0 Å². The maximum atomic E-state index is 12.4. The lowest BCUT2D eigenvalue weighted by Crippen LogP contribution is -2.42. The van der Waals surface area contributed by atoms with Crippen LogP contribution in [0.15, 0.2) is 36.5 Å². The average molecular weight is 382 g/mol. The van der Waals surface area contributed by atoms with Gasteiger partial charge in [0.25, 0.3) is 5.91 Å². The Hall–Kier alpha value is -2.35. The van der Waals surface area contributed by atoms with E-state index in [0.29, 0.717) is 18.0 Å². The molecule has 1 saturated heterocycles. The van der Waals surface area contributed by atoms with Gasteiger partial charge in [0.05, 0.1) is 36.8 Å². The van der Waals surface area contributed by atoms with E-state index >= 15 is 0 Å². The smallest absolute Gasteiger partial charge is 0.253 e. The van der Waals surface area contributed by atoms with Crippen molar-refractivity contribution in [1.29, 1.82) is 0 Å². The van der Waals surface area contributed by atoms with E-state index in [0.717, 1.165) is 44.8 Å². The summed E-state index contributed by atoms with van der Waals surface area (Å²) in [7, 11) is 0. The lowest BCUT2D eigenvalue weighted by Gasteiger charge is -2.30. The first-order valence-electron chi connectivity index (χ1n) is 9.82. The molecule has 4 rings (SSSR count). The zero-order valence-electron chi connectivity index (χ0n) is 15.9. The second-order valence-electron chi connectivity index (χ2n) is 7.66. The zero-order valence-corrected chi connectivity index (χ0v) is 15.9. The molecular formula is C21H26N4O3. The Morgan fingerprint density at radius 2 is 2.14 bits per heavy atom. The maximum Gasteiger partial charge on any atom is 0.253 e. The van der Waals surface area contributed by atoms with Crippen LogP contribution in [0.3, 0.4) is 0 Å². The number of rotatable bonds is 7. The topological polar surface area (TPSA) is 87.6 Å². The number of ether oxygens (including phenoxy) is 1. The van der Waals surface area contributed by atoms with Gasteiger partial charge in [0.15, 0.2) is 0 Å². The summed E-state index contributed by atoms with van der Waals surface area (Å²) in [6.07, 6.45) is 2.61. The number of benzene rings is 1. The minimum Gasteiger partial charge on any atom is -0.390 e. The molecule has 0 spiro atoms. The van der Waals surface area contributed by atoms with Crippen LogP contribution in [0, 0.1) is 5.92 Å². The number of hydrogen-bond acceptors (Lipinski definition) is 6. The molecule has 0 unspecified atom stereocenters. The Balaban J connectivity index is 1.25. The number of amides is 1. The Bertz CT molecular complexity index is 825. The van der Waals surface area contributed by atoms with Crippen LogP contribution in [0.25, 0.3) is 0 Å². The number of aliphatic hydroxyl groups excluding tert-OH is 1. The van der Waals surface area contributed by atoms with Gasteiger partial charge < -0.3 is 15.2 Å². The van der Waals surface area contributed by atoms with Crippen LogP contribution >= 0.6 is 0 Å². The van der Waals surface area contributed by atoms with Gasteiger partial charge >= 0.3 is 0 Å². The summed E-state index contributed by atoms with van der Waals surface area (Å²) in [4.78, 5) is 14.6. The van der Waals surface area contributed by atoms with Gasteiger partial charge in [-0.2, -0.15) is 10.2 Å². The number of aliphatic hydroxyl groups is 1. The highest BCUT2D eigenvalue weighted by Gasteiger charge is 2.21. The van der Waals surface area contributed by atoms with E-state index in [2.05, 4.69) is 38.6 Å². The quantitative estimate of drug-likeness (QED) is 0.737. The van der Waals surface area contributed by atoms with E-state index in [1.54, 1.807) is 6.07 Å². The molecule has 1 fully saturated rings. The Labute approximate surface area is 164 Å². The number of aromatic nitrogens is 2. The lowest BCUT2D eigenvalue weighted by molar-refractivity contribution is -0.0317. The van der Waals surface area contributed by atoms with Crippen molar-refractivity contribution in [1.82, 2.24) is 20.4 Å². The summed E-state index contributed by atoms with van der Waals surface area (Å²) in [6, 6.07) is 10.2. The summed E-state index contributed by atoms with van der Waals surface area (Å²) in [5.41, 5.74) is 3.98. The van der Waals surface area contributed by atoms with Crippen LogP contribution in [0.4, 0.5) is 0 Å². The van der Waals surface area contributed by atoms with Crippen LogP contribution in [-0.2, 0) is 24.1 Å². The first kappa shape index (κ1) is 19.0. The number of carbonyl (C=O) groups is 1. The molecule has 1 atom stereocenters. The largest absolute Gasteiger partial charge is 0.390 e. The molecule has 2 N–H and O–H groups in total. The fraction of sp³-hybridized carbons (Fsp3) is 0.476. The number of hydrogen-bond donors (Lipinski definition) is 2. The molecule has 0 saturated carbocycles. The van der Waals surface area contributed by atoms with Crippen molar-refractivity contribution in [2.45, 2.75) is 25.5 Å². The molecule has 3 heterocycles. The van der Waals surface area contributed by atoms with Crippen molar-refractivity contribution in [2.75, 3.05) is 32.8 Å². The van der Waals surface area contributed by atoms with Gasteiger partial charge in [-0.3, -0.25) is 9.69 Å². The number of carbonyl (C=O) groups excluding carboxylic acids is 1. The molecule has 0 bridgehead atoms. The van der Waals surface area contributed by atoms with Crippen LogP contribution in [-0.4, -0.2) is 65.1 Å². The van der Waals surface area contributed by atoms with Crippen LogP contribution < -0.4 is 5.32 Å². The average Bonchev–Trinajstić information content (AvgIpc) is 2.69. The number of fused-ring (bicyclic) bond motifs is 1. The monoisotopic (exact) mass is 382 g/mol. The Morgan fingerprint density at radius 3 is 2.93 bits per heavy atom. The summed E-state index contributed by atoms with van der Waals surface area (Å²) in [5, 5.41) is 21.2. The van der Waals surface area contributed by atoms with Gasteiger partial charge in [0.1, 0.15) is 0 Å². The van der Waals surface area contributed by atoms with Crippen molar-refractivity contribution in [2.24, 2.45) is 5.92 Å². The molecule has 148 valence electrons. The van der Waals surface area contributed by atoms with E-state index in [4.69, 9.17) is 4.74 Å². The third-order valence-electron chi connectivity index (χ3n) is 5.35. The standard InChI is InChI=1S/C21H26N4O3/c26-20(12-25-6-5-16-3-1-2-4-17(16)11-25)10-22-21(27)18-8-19(24-23-9-18)7-15-13-28-14-15/h1-4,8-9,15,20,26H,5-7,10-14H2,(H,22,27)/t20-/m0/s1. The molecule has 1 aromatic carbocycles. The van der Waals surface area contributed by atoms with Crippen LogP contribution in [0.5, 0.6) is 0 Å². The molecule has 1 amide bonds. The summed E-state index contributed by atoms with van der Waals surface area (Å²) in [5.74, 6) is 0.230. The molecule has 7 heteroatoms. The minimum atomic E-state index is -0.615. The Kier molecular flexibility index (Phi) is 5.95. The van der Waals surface area contributed by atoms with E-state index < -0.39 is 6.10 Å². The first-order valence-corrected chi connectivity index (χ1v) is 9.82. The number of β-amino-alcohol motifs (C(OH)–C–C–N with tert-alkyl or cyclic N) is 1. The molecule has 2 aliphatic heterocycles. The predicted molar refractivity (Wildman–Crippen MR) is 104 cm³/mol. The molecule has 7 nitrogen and oxygen atoms in total. The van der Waals surface area contributed by atoms with Crippen molar-refractivity contribution < 1.29 is 14.6 Å². The highest BCUT2D eigenvalue weighted by molar-refractivity contribution is 5.93. The first-order chi connectivity index (χ1) is 13.7. The van der Waals surface area contributed by atoms with Crippen molar-refractivity contribution >= 4 is 5.91 Å². The third kappa shape index (κ3) is 4.73. The van der Waals surface area contributed by atoms with Gasteiger partial charge in [0, 0.05) is 32.1 Å². The SMILES string of the molecule is O=C(NC[C@H](O)CN1CCc2ccccc2C1)c1cnnc(CC2COC2)c1. The number of nitrogens with zero attached hydrogens (tertiary/aromatic N) is 3. The molecule has 0 aliphatic carbocycles. The number of nitrogens with one attached hydrogen (secondary N) is 1. The molecule has 28 heavy (non-hydrogen) atoms. The molecule has 2 aromatic rings. The third-order valence-corrected chi connectivity index (χ3v) is 5.35. The molecular weight excluding hydrogens is 356 g/mol.